The van der Waals surface area contributed by atoms with Gasteiger partial charge < -0.3 is 4.42 Å². The lowest BCUT2D eigenvalue weighted by Crippen LogP contribution is -2.05. The number of benzene rings is 1. The number of carbonyl (C=O) groups is 1. The minimum Gasteiger partial charge on any atom is -0.469 e. The van der Waals surface area contributed by atoms with Crippen LogP contribution in [0.3, 0.4) is 0 Å². The summed E-state index contributed by atoms with van der Waals surface area (Å²) in [6.45, 7) is 1.59. The van der Waals surface area contributed by atoms with Gasteiger partial charge in [0.1, 0.15) is 5.76 Å². The summed E-state index contributed by atoms with van der Waals surface area (Å²) in [6, 6.07) is 4.94. The number of halogens is 2. The topological polar surface area (TPSA) is 30.2 Å². The standard InChI is InChI=1S/C12H8F2O2/c1-7-8(5-6-16-7)12(15)9-3-2-4-10(13)11(9)14/h2-6H,1H3. The Hall–Kier alpha value is -1.97. The van der Waals surface area contributed by atoms with Gasteiger partial charge in [-0.1, -0.05) is 6.07 Å². The number of rotatable bonds is 2. The van der Waals surface area contributed by atoms with Crippen molar-refractivity contribution in [1.29, 1.82) is 0 Å². The van der Waals surface area contributed by atoms with Crippen molar-refractivity contribution in [1.82, 2.24) is 0 Å². The molecular formula is C12H8F2O2. The van der Waals surface area contributed by atoms with E-state index in [-0.39, 0.29) is 11.1 Å². The summed E-state index contributed by atoms with van der Waals surface area (Å²) in [5, 5.41) is 0. The zero-order chi connectivity index (χ0) is 11.7. The molecule has 1 aromatic heterocycles. The van der Waals surface area contributed by atoms with Crippen LogP contribution < -0.4 is 0 Å². The number of ketones is 1. The summed E-state index contributed by atoms with van der Waals surface area (Å²) >= 11 is 0. The Balaban J connectivity index is 2.50. The van der Waals surface area contributed by atoms with E-state index in [0.717, 1.165) is 6.07 Å². The lowest BCUT2D eigenvalue weighted by Gasteiger charge is -2.01. The van der Waals surface area contributed by atoms with Crippen molar-refractivity contribution in [3.63, 3.8) is 0 Å². The molecule has 0 atom stereocenters. The average Bonchev–Trinajstić information content (AvgIpc) is 2.68. The first-order chi connectivity index (χ1) is 7.61. The molecule has 0 radical (unpaired) electrons. The van der Waals surface area contributed by atoms with Crippen molar-refractivity contribution < 1.29 is 18.0 Å². The van der Waals surface area contributed by atoms with Crippen molar-refractivity contribution in [3.8, 4) is 0 Å². The Labute approximate surface area is 90.5 Å². The number of aryl methyl sites for hydroxylation is 1. The van der Waals surface area contributed by atoms with Gasteiger partial charge in [0.15, 0.2) is 17.4 Å². The van der Waals surface area contributed by atoms with Crippen LogP contribution in [0.2, 0.25) is 0 Å². The van der Waals surface area contributed by atoms with Crippen LogP contribution >= 0.6 is 0 Å². The van der Waals surface area contributed by atoms with E-state index in [2.05, 4.69) is 0 Å². The maximum absolute atomic E-state index is 13.3. The first-order valence-electron chi connectivity index (χ1n) is 4.64. The number of hydrogen-bond acceptors (Lipinski definition) is 2. The van der Waals surface area contributed by atoms with E-state index in [4.69, 9.17) is 4.42 Å². The van der Waals surface area contributed by atoms with Gasteiger partial charge in [0.25, 0.3) is 0 Å². The van der Waals surface area contributed by atoms with Gasteiger partial charge in [0.05, 0.1) is 17.4 Å². The van der Waals surface area contributed by atoms with Crippen molar-refractivity contribution in [3.05, 3.63) is 59.1 Å². The molecule has 82 valence electrons. The predicted molar refractivity (Wildman–Crippen MR) is 53.2 cm³/mol. The second-order valence-electron chi connectivity index (χ2n) is 3.32. The summed E-state index contributed by atoms with van der Waals surface area (Å²) in [6.07, 6.45) is 1.33. The van der Waals surface area contributed by atoms with E-state index in [9.17, 15) is 13.6 Å². The molecular weight excluding hydrogens is 214 g/mol. The second kappa shape index (κ2) is 3.89. The number of hydrogen-bond donors (Lipinski definition) is 0. The van der Waals surface area contributed by atoms with Gasteiger partial charge in [-0.15, -0.1) is 0 Å². The van der Waals surface area contributed by atoms with E-state index in [1.807, 2.05) is 0 Å². The SMILES string of the molecule is Cc1occc1C(=O)c1cccc(F)c1F. The summed E-state index contributed by atoms with van der Waals surface area (Å²) < 4.78 is 31.2. The largest absolute Gasteiger partial charge is 0.469 e. The first kappa shape index (κ1) is 10.5. The van der Waals surface area contributed by atoms with Crippen molar-refractivity contribution in [2.75, 3.05) is 0 Å². The molecule has 0 aliphatic rings. The Morgan fingerprint density at radius 1 is 1.19 bits per heavy atom. The zero-order valence-electron chi connectivity index (χ0n) is 8.46. The van der Waals surface area contributed by atoms with Gasteiger partial charge in [-0.05, 0) is 25.1 Å². The molecule has 0 unspecified atom stereocenters. The van der Waals surface area contributed by atoms with Crippen LogP contribution in [-0.4, -0.2) is 5.78 Å². The van der Waals surface area contributed by atoms with Crippen molar-refractivity contribution in [2.45, 2.75) is 6.92 Å². The minimum atomic E-state index is -1.13. The number of carbonyl (C=O) groups excluding carboxylic acids is 1. The molecule has 0 aliphatic heterocycles. The Morgan fingerprint density at radius 2 is 1.94 bits per heavy atom. The molecule has 0 aliphatic carbocycles. The fraction of sp³-hybridized carbons (Fsp3) is 0.0833. The fourth-order valence-electron chi connectivity index (χ4n) is 1.44. The summed E-state index contributed by atoms with van der Waals surface area (Å²) in [4.78, 5) is 11.8. The summed E-state index contributed by atoms with van der Waals surface area (Å²) in [7, 11) is 0. The highest BCUT2D eigenvalue weighted by Gasteiger charge is 2.19. The second-order valence-corrected chi connectivity index (χ2v) is 3.32. The quantitative estimate of drug-likeness (QED) is 0.731. The average molecular weight is 222 g/mol. The van der Waals surface area contributed by atoms with Crippen LogP contribution in [-0.2, 0) is 0 Å². The van der Waals surface area contributed by atoms with Gasteiger partial charge >= 0.3 is 0 Å². The zero-order valence-corrected chi connectivity index (χ0v) is 8.46. The Morgan fingerprint density at radius 3 is 2.56 bits per heavy atom. The molecule has 4 heteroatoms. The third-order valence-corrected chi connectivity index (χ3v) is 2.30. The van der Waals surface area contributed by atoms with Crippen molar-refractivity contribution in [2.24, 2.45) is 0 Å². The molecule has 2 aromatic rings. The molecule has 0 bridgehead atoms. The molecule has 2 nitrogen and oxygen atoms in total. The maximum atomic E-state index is 13.3. The first-order valence-corrected chi connectivity index (χ1v) is 4.64. The van der Waals surface area contributed by atoms with Gasteiger partial charge in [-0.2, -0.15) is 0 Å². The molecule has 1 heterocycles. The van der Waals surface area contributed by atoms with E-state index < -0.39 is 17.4 Å². The molecule has 0 saturated heterocycles. The van der Waals surface area contributed by atoms with E-state index in [0.29, 0.717) is 5.76 Å². The monoisotopic (exact) mass is 222 g/mol. The molecule has 0 spiro atoms. The van der Waals surface area contributed by atoms with Crippen LogP contribution in [0.15, 0.2) is 34.9 Å². The minimum absolute atomic E-state index is 0.240. The highest BCUT2D eigenvalue weighted by molar-refractivity contribution is 6.09. The highest BCUT2D eigenvalue weighted by Crippen LogP contribution is 2.18. The van der Waals surface area contributed by atoms with Crippen molar-refractivity contribution >= 4 is 5.78 Å². The van der Waals surface area contributed by atoms with Crippen LogP contribution in [0.5, 0.6) is 0 Å². The highest BCUT2D eigenvalue weighted by atomic mass is 19.2. The smallest absolute Gasteiger partial charge is 0.199 e. The van der Waals surface area contributed by atoms with Crippen LogP contribution in [0, 0.1) is 18.6 Å². The predicted octanol–water partition coefficient (Wildman–Crippen LogP) is 3.10. The van der Waals surface area contributed by atoms with Crippen LogP contribution in [0.25, 0.3) is 0 Å². The Bertz CT molecular complexity index is 544. The molecule has 0 fully saturated rings. The normalized spacial score (nSPS) is 10.4. The molecule has 0 saturated carbocycles. The summed E-state index contributed by atoms with van der Waals surface area (Å²) in [5.41, 5.74) is -0.0472. The Kier molecular flexibility index (Phi) is 2.56. The molecule has 0 amide bonds. The van der Waals surface area contributed by atoms with Crippen LogP contribution in [0.4, 0.5) is 8.78 Å². The third-order valence-electron chi connectivity index (χ3n) is 2.30. The lowest BCUT2D eigenvalue weighted by atomic mass is 10.0. The van der Waals surface area contributed by atoms with E-state index in [1.165, 1.54) is 24.5 Å². The molecule has 1 aromatic carbocycles. The van der Waals surface area contributed by atoms with Gasteiger partial charge in [-0.25, -0.2) is 8.78 Å². The third kappa shape index (κ3) is 1.62. The van der Waals surface area contributed by atoms with Gasteiger partial charge in [-0.3, -0.25) is 4.79 Å². The van der Waals surface area contributed by atoms with Gasteiger partial charge in [0, 0.05) is 0 Å². The molecule has 2 rings (SSSR count). The summed E-state index contributed by atoms with van der Waals surface area (Å²) in [5.74, 6) is -2.36. The number of furan rings is 1. The van der Waals surface area contributed by atoms with Crippen LogP contribution in [0.1, 0.15) is 21.7 Å². The van der Waals surface area contributed by atoms with E-state index >= 15 is 0 Å². The van der Waals surface area contributed by atoms with E-state index in [1.54, 1.807) is 6.92 Å². The molecule has 16 heavy (non-hydrogen) atoms. The fourth-order valence-corrected chi connectivity index (χ4v) is 1.44. The molecule has 0 N–H and O–H groups in total. The lowest BCUT2D eigenvalue weighted by molar-refractivity contribution is 0.103. The maximum Gasteiger partial charge on any atom is 0.199 e. The van der Waals surface area contributed by atoms with Gasteiger partial charge in [0.2, 0.25) is 0 Å².